The van der Waals surface area contributed by atoms with E-state index in [1.807, 2.05) is 4.08 Å². The molecule has 0 aromatic rings. The fourth-order valence-electron chi connectivity index (χ4n) is 0.340. The molecular weight excluding hydrogens is 217 g/mol. The number of aliphatic hydroxyl groups excluding tert-OH is 1. The second-order valence-corrected chi connectivity index (χ2v) is 3.39. The Morgan fingerprint density at radius 2 is 2.38 bits per heavy atom. The van der Waals surface area contributed by atoms with Gasteiger partial charge in [0.25, 0.3) is 0 Å². The maximum absolute atomic E-state index is 8.79. The molecule has 0 amide bonds. The Kier molecular flexibility index (Phi) is 1.67. The molecule has 8 heavy (non-hydrogen) atoms. The van der Waals surface area contributed by atoms with Crippen LogP contribution in [0.4, 0.5) is 0 Å². The van der Waals surface area contributed by atoms with Gasteiger partial charge in [-0.1, -0.05) is 0 Å². The van der Waals surface area contributed by atoms with E-state index in [1.165, 1.54) is 0 Å². The molecule has 0 fully saturated rings. The molecule has 0 spiro atoms. The first-order valence-corrected chi connectivity index (χ1v) is 4.56. The summed E-state index contributed by atoms with van der Waals surface area (Å²) in [7, 11) is 0. The average Bonchev–Trinajstić information content (AvgIpc) is 1.77. The number of hydrogen-bond acceptors (Lipinski definition) is 2. The van der Waals surface area contributed by atoms with Gasteiger partial charge in [0.1, 0.15) is 0 Å². The van der Waals surface area contributed by atoms with Crippen molar-refractivity contribution in [3.05, 3.63) is 20.0 Å². The summed E-state index contributed by atoms with van der Waals surface area (Å²) < 4.78 is 3.67. The first-order chi connectivity index (χ1) is 3.80. The summed E-state index contributed by atoms with van der Waals surface area (Å²) >= 11 is -0.0861. The molecule has 1 heterocycles. The number of aliphatic hydroxyl groups is 1. The topological polar surface area (TPSA) is 44.1 Å². The molecule has 44 valence electrons. The van der Waals surface area contributed by atoms with Crippen molar-refractivity contribution in [2.45, 2.75) is 0 Å². The van der Waals surface area contributed by atoms with Crippen LogP contribution in [0.5, 0.6) is 0 Å². The van der Waals surface area contributed by atoms with Crippen LogP contribution in [-0.4, -0.2) is 10.8 Å². The SMILES string of the molecule is N=C1C=C[I-]C=C1O. The molecule has 2 N–H and O–H groups in total. The molecule has 0 bridgehead atoms. The molecule has 0 saturated heterocycles. The number of nitrogens with one attached hydrogen (secondary N) is 1. The van der Waals surface area contributed by atoms with Crippen LogP contribution in [0, 0.1) is 5.41 Å². The van der Waals surface area contributed by atoms with Crippen molar-refractivity contribution in [3.8, 4) is 0 Å². The monoisotopic (exact) mass is 222 g/mol. The quantitative estimate of drug-likeness (QED) is 0.458. The fraction of sp³-hybridized carbons (Fsp3) is 0. The zero-order valence-corrected chi connectivity index (χ0v) is 6.21. The second kappa shape index (κ2) is 2.30. The normalized spacial score (nSPS) is 19.5. The molecule has 1 aliphatic heterocycles. The summed E-state index contributed by atoms with van der Waals surface area (Å²) in [5, 5.41) is 15.8. The third-order valence-corrected chi connectivity index (χ3v) is 2.47. The van der Waals surface area contributed by atoms with Crippen molar-refractivity contribution >= 4 is 5.71 Å². The minimum atomic E-state index is -0.0861. The van der Waals surface area contributed by atoms with Gasteiger partial charge >= 0.3 is 57.4 Å². The van der Waals surface area contributed by atoms with E-state index in [2.05, 4.69) is 0 Å². The predicted octanol–water partition coefficient (Wildman–Crippen LogP) is -1.98. The van der Waals surface area contributed by atoms with E-state index in [-0.39, 0.29) is 32.7 Å². The van der Waals surface area contributed by atoms with Gasteiger partial charge in [0.15, 0.2) is 0 Å². The number of rotatable bonds is 0. The van der Waals surface area contributed by atoms with E-state index in [4.69, 9.17) is 10.5 Å². The molecule has 0 aromatic heterocycles. The molecule has 2 nitrogen and oxygen atoms in total. The van der Waals surface area contributed by atoms with Gasteiger partial charge in [-0.3, -0.25) is 0 Å². The summed E-state index contributed by atoms with van der Waals surface area (Å²) in [6, 6.07) is 0. The van der Waals surface area contributed by atoms with Gasteiger partial charge in [0.2, 0.25) is 0 Å². The Labute approximate surface area is 57.7 Å². The van der Waals surface area contributed by atoms with Crippen molar-refractivity contribution in [1.82, 2.24) is 0 Å². The molecule has 0 saturated carbocycles. The Balaban J connectivity index is 2.78. The van der Waals surface area contributed by atoms with Crippen LogP contribution in [0.3, 0.4) is 0 Å². The van der Waals surface area contributed by atoms with Crippen LogP contribution in [0.1, 0.15) is 0 Å². The third-order valence-electron chi connectivity index (χ3n) is 0.745. The van der Waals surface area contributed by atoms with Crippen LogP contribution < -0.4 is 21.2 Å². The first-order valence-electron chi connectivity index (χ1n) is 2.07. The van der Waals surface area contributed by atoms with Crippen LogP contribution in [-0.2, 0) is 0 Å². The van der Waals surface area contributed by atoms with Gasteiger partial charge in [0, 0.05) is 0 Å². The molecule has 0 unspecified atom stereocenters. The van der Waals surface area contributed by atoms with E-state index in [0.717, 1.165) is 0 Å². The molecular formula is C5H5INO-. The Morgan fingerprint density at radius 1 is 1.62 bits per heavy atom. The predicted molar refractivity (Wildman–Crippen MR) is 27.6 cm³/mol. The van der Waals surface area contributed by atoms with Gasteiger partial charge < -0.3 is 0 Å². The van der Waals surface area contributed by atoms with Gasteiger partial charge in [-0.15, -0.1) is 0 Å². The van der Waals surface area contributed by atoms with E-state index in [1.54, 1.807) is 10.2 Å². The summed E-state index contributed by atoms with van der Waals surface area (Å²) in [5.74, 6) is 0.139. The maximum atomic E-state index is 8.79. The van der Waals surface area contributed by atoms with E-state index in [0.29, 0.717) is 0 Å². The molecule has 0 aromatic carbocycles. The van der Waals surface area contributed by atoms with Crippen molar-refractivity contribution in [2.24, 2.45) is 0 Å². The van der Waals surface area contributed by atoms with E-state index in [9.17, 15) is 0 Å². The number of allylic oxidation sites excluding steroid dienone is 1. The van der Waals surface area contributed by atoms with Crippen molar-refractivity contribution in [1.29, 1.82) is 5.41 Å². The van der Waals surface area contributed by atoms with Gasteiger partial charge in [-0.2, -0.15) is 0 Å². The zero-order valence-electron chi connectivity index (χ0n) is 4.06. The molecule has 1 aliphatic rings. The molecule has 0 atom stereocenters. The first kappa shape index (κ1) is 5.81. The minimum absolute atomic E-state index is 0.0861. The van der Waals surface area contributed by atoms with E-state index < -0.39 is 0 Å². The summed E-state index contributed by atoms with van der Waals surface area (Å²) in [6.07, 6.45) is 1.64. The molecule has 3 heteroatoms. The standard InChI is InChI=1S/C5H5INO/c7-4-1-2-6-3-5(4)8/h1-3,7-8H/q-1. The molecule has 1 rings (SSSR count). The Hall–Kier alpha value is -0.320. The van der Waals surface area contributed by atoms with Crippen LogP contribution >= 0.6 is 0 Å². The van der Waals surface area contributed by atoms with E-state index >= 15 is 0 Å². The van der Waals surface area contributed by atoms with Crippen molar-refractivity contribution in [2.75, 3.05) is 0 Å². The summed E-state index contributed by atoms with van der Waals surface area (Å²) in [5.41, 5.74) is 0.232. The third kappa shape index (κ3) is 1.09. The zero-order chi connectivity index (χ0) is 5.98. The Bertz CT molecular complexity index is 171. The Morgan fingerprint density at radius 3 is 2.75 bits per heavy atom. The fourth-order valence-corrected chi connectivity index (χ4v) is 1.79. The molecule has 0 radical (unpaired) electrons. The van der Waals surface area contributed by atoms with Crippen molar-refractivity contribution < 1.29 is 26.3 Å². The van der Waals surface area contributed by atoms with Gasteiger partial charge in [0.05, 0.1) is 0 Å². The van der Waals surface area contributed by atoms with Gasteiger partial charge in [-0.25, -0.2) is 0 Å². The second-order valence-electron chi connectivity index (χ2n) is 1.33. The van der Waals surface area contributed by atoms with Crippen LogP contribution in [0.2, 0.25) is 0 Å². The van der Waals surface area contributed by atoms with Gasteiger partial charge in [-0.05, 0) is 0 Å². The van der Waals surface area contributed by atoms with Crippen LogP contribution in [0.15, 0.2) is 20.0 Å². The average molecular weight is 222 g/mol. The number of hydrogen-bond donors (Lipinski definition) is 2. The van der Waals surface area contributed by atoms with Crippen LogP contribution in [0.25, 0.3) is 0 Å². The number of halogens is 1. The summed E-state index contributed by atoms with van der Waals surface area (Å²) in [6.45, 7) is 0. The molecule has 0 aliphatic carbocycles. The summed E-state index contributed by atoms with van der Waals surface area (Å²) in [4.78, 5) is 0. The van der Waals surface area contributed by atoms with Crippen molar-refractivity contribution in [3.63, 3.8) is 0 Å².